The van der Waals surface area contributed by atoms with E-state index in [1.807, 2.05) is 0 Å². The lowest BCUT2D eigenvalue weighted by Gasteiger charge is -2.36. The fourth-order valence-corrected chi connectivity index (χ4v) is 3.78. The minimum atomic E-state index is -4.02. The minimum absolute atomic E-state index is 0.0235. The maximum atomic E-state index is 12.9. The first-order valence-corrected chi connectivity index (χ1v) is 9.41. The largest absolute Gasteiger partial charge is 0.481 e. The molecule has 0 saturated carbocycles. The number of likely N-dealkylation sites (tertiary alicyclic amines) is 1. The van der Waals surface area contributed by atoms with Crippen LogP contribution >= 0.6 is 0 Å². The lowest BCUT2D eigenvalue weighted by atomic mass is 9.96. The lowest BCUT2D eigenvalue weighted by molar-refractivity contribution is -0.137. The normalized spacial score (nSPS) is 18.4. The molecule has 1 aliphatic heterocycles. The second kappa shape index (κ2) is 7.31. The van der Waals surface area contributed by atoms with E-state index in [0.29, 0.717) is 13.0 Å². The van der Waals surface area contributed by atoms with Gasteiger partial charge in [-0.05, 0) is 44.7 Å². The number of carboxylic acid groups (broad SMARTS) is 1. The number of benzene rings is 1. The lowest BCUT2D eigenvalue weighted by Crippen LogP contribution is -2.44. The van der Waals surface area contributed by atoms with E-state index < -0.39 is 21.9 Å². The Morgan fingerprint density at radius 3 is 2.67 bits per heavy atom. The van der Waals surface area contributed by atoms with Crippen molar-refractivity contribution in [2.75, 3.05) is 6.54 Å². The molecule has 1 saturated heterocycles. The van der Waals surface area contributed by atoms with Crippen molar-refractivity contribution in [3.05, 3.63) is 29.3 Å². The van der Waals surface area contributed by atoms with Gasteiger partial charge in [0.25, 0.3) is 5.91 Å². The van der Waals surface area contributed by atoms with E-state index in [9.17, 15) is 18.0 Å². The van der Waals surface area contributed by atoms with Gasteiger partial charge in [0.2, 0.25) is 10.0 Å². The van der Waals surface area contributed by atoms with Gasteiger partial charge in [0.15, 0.2) is 0 Å². The van der Waals surface area contributed by atoms with Gasteiger partial charge < -0.3 is 10.0 Å². The predicted molar refractivity (Wildman–Crippen MR) is 88.1 cm³/mol. The quantitative estimate of drug-likeness (QED) is 0.831. The molecule has 1 amide bonds. The molecule has 0 bridgehead atoms. The molecular formula is C16H22N2O5S. The smallest absolute Gasteiger partial charge is 0.303 e. The Bertz CT molecular complexity index is 745. The maximum absolute atomic E-state index is 12.9. The molecular weight excluding hydrogens is 332 g/mol. The van der Waals surface area contributed by atoms with Gasteiger partial charge in [-0.1, -0.05) is 11.6 Å². The Labute approximate surface area is 141 Å². The summed E-state index contributed by atoms with van der Waals surface area (Å²) in [7, 11) is -4.02. The molecule has 1 atom stereocenters. The number of aryl methyl sites for hydroxylation is 1. The number of nitrogens with two attached hydrogens (primary N) is 1. The molecule has 0 aliphatic carbocycles. The second-order valence-corrected chi connectivity index (χ2v) is 7.66. The van der Waals surface area contributed by atoms with Crippen molar-refractivity contribution in [3.63, 3.8) is 0 Å². The molecule has 1 aromatic carbocycles. The van der Waals surface area contributed by atoms with Crippen LogP contribution in [0.25, 0.3) is 0 Å². The monoisotopic (exact) mass is 354 g/mol. The topological polar surface area (TPSA) is 118 Å². The first-order valence-electron chi connectivity index (χ1n) is 7.86. The number of hydrogen-bond acceptors (Lipinski definition) is 4. The van der Waals surface area contributed by atoms with Gasteiger partial charge in [-0.2, -0.15) is 0 Å². The van der Waals surface area contributed by atoms with Crippen LogP contribution < -0.4 is 5.14 Å². The van der Waals surface area contributed by atoms with Crippen molar-refractivity contribution < 1.29 is 23.1 Å². The SMILES string of the molecule is Cc1ccc(S(N)(=O)=O)c(C(=O)N2CCCCC2CCC(=O)O)c1. The van der Waals surface area contributed by atoms with E-state index in [0.717, 1.165) is 24.8 Å². The van der Waals surface area contributed by atoms with Crippen LogP contribution in [0.1, 0.15) is 48.0 Å². The number of nitrogens with zero attached hydrogens (tertiary/aromatic N) is 1. The van der Waals surface area contributed by atoms with Crippen LogP contribution in [0.15, 0.2) is 23.1 Å². The summed E-state index contributed by atoms with van der Waals surface area (Å²) in [5, 5.41) is 14.1. The van der Waals surface area contributed by atoms with Crippen molar-refractivity contribution in [2.45, 2.75) is 50.0 Å². The van der Waals surface area contributed by atoms with Crippen molar-refractivity contribution in [1.82, 2.24) is 4.90 Å². The molecule has 2 rings (SSSR count). The summed E-state index contributed by atoms with van der Waals surface area (Å²) < 4.78 is 23.6. The van der Waals surface area contributed by atoms with Gasteiger partial charge in [0.1, 0.15) is 0 Å². The summed E-state index contributed by atoms with van der Waals surface area (Å²) >= 11 is 0. The standard InChI is InChI=1S/C16H22N2O5S/c1-11-5-7-14(24(17,22)23)13(10-11)16(21)18-9-3-2-4-12(18)6-8-15(19)20/h5,7,10,12H,2-4,6,8-9H2,1H3,(H,19,20)(H2,17,22,23). The Balaban J connectivity index is 2.35. The van der Waals surface area contributed by atoms with Gasteiger partial charge in [-0.25, -0.2) is 13.6 Å². The third-order valence-electron chi connectivity index (χ3n) is 4.25. The van der Waals surface area contributed by atoms with Crippen LogP contribution in [-0.4, -0.2) is 42.9 Å². The number of hydrogen-bond donors (Lipinski definition) is 2. The van der Waals surface area contributed by atoms with Crippen molar-refractivity contribution in [2.24, 2.45) is 5.14 Å². The number of carbonyl (C=O) groups excluding carboxylic acids is 1. The van der Waals surface area contributed by atoms with Crippen LogP contribution in [0.4, 0.5) is 0 Å². The molecule has 1 heterocycles. The van der Waals surface area contributed by atoms with Gasteiger partial charge in [-0.15, -0.1) is 0 Å². The zero-order valence-electron chi connectivity index (χ0n) is 13.6. The highest BCUT2D eigenvalue weighted by molar-refractivity contribution is 7.89. The number of carbonyl (C=O) groups is 2. The van der Waals surface area contributed by atoms with Crippen molar-refractivity contribution in [1.29, 1.82) is 0 Å². The summed E-state index contributed by atoms with van der Waals surface area (Å²) in [6.45, 7) is 2.25. The molecule has 1 aromatic rings. The molecule has 1 fully saturated rings. The van der Waals surface area contributed by atoms with Crippen LogP contribution in [0.2, 0.25) is 0 Å². The molecule has 0 spiro atoms. The summed E-state index contributed by atoms with van der Waals surface area (Å²) in [6.07, 6.45) is 2.78. The average Bonchev–Trinajstić information content (AvgIpc) is 2.51. The second-order valence-electron chi connectivity index (χ2n) is 6.13. The Morgan fingerprint density at radius 1 is 1.33 bits per heavy atom. The van der Waals surface area contributed by atoms with Crippen LogP contribution in [0.3, 0.4) is 0 Å². The summed E-state index contributed by atoms with van der Waals surface area (Å²) in [6, 6.07) is 4.25. The average molecular weight is 354 g/mol. The maximum Gasteiger partial charge on any atom is 0.303 e. The van der Waals surface area contributed by atoms with E-state index in [1.165, 1.54) is 12.1 Å². The van der Waals surface area contributed by atoms with E-state index in [2.05, 4.69) is 0 Å². The number of aliphatic carboxylic acids is 1. The number of primary sulfonamides is 1. The first-order chi connectivity index (χ1) is 11.2. The highest BCUT2D eigenvalue weighted by atomic mass is 32.2. The summed E-state index contributed by atoms with van der Waals surface area (Å²) in [5.41, 5.74) is 0.810. The number of carboxylic acids is 1. The van der Waals surface area contributed by atoms with Crippen LogP contribution in [-0.2, 0) is 14.8 Å². The van der Waals surface area contributed by atoms with E-state index in [4.69, 9.17) is 10.2 Å². The molecule has 3 N–H and O–H groups in total. The van der Waals surface area contributed by atoms with Gasteiger partial charge in [0.05, 0.1) is 10.5 Å². The minimum Gasteiger partial charge on any atom is -0.481 e. The fraction of sp³-hybridized carbons (Fsp3) is 0.500. The zero-order chi connectivity index (χ0) is 17.9. The van der Waals surface area contributed by atoms with Gasteiger partial charge in [0, 0.05) is 19.0 Å². The highest BCUT2D eigenvalue weighted by Gasteiger charge is 2.30. The van der Waals surface area contributed by atoms with E-state index in [1.54, 1.807) is 17.9 Å². The van der Waals surface area contributed by atoms with Crippen molar-refractivity contribution in [3.8, 4) is 0 Å². The molecule has 1 unspecified atom stereocenters. The fourth-order valence-electron chi connectivity index (χ4n) is 3.07. The molecule has 0 aromatic heterocycles. The van der Waals surface area contributed by atoms with Crippen LogP contribution in [0.5, 0.6) is 0 Å². The molecule has 24 heavy (non-hydrogen) atoms. The number of amides is 1. The molecule has 132 valence electrons. The Kier molecular flexibility index (Phi) is 5.61. The van der Waals surface area contributed by atoms with Gasteiger partial charge in [-0.3, -0.25) is 9.59 Å². The number of piperidine rings is 1. The highest BCUT2D eigenvalue weighted by Crippen LogP contribution is 2.26. The third-order valence-corrected chi connectivity index (χ3v) is 5.22. The molecule has 8 heteroatoms. The molecule has 1 aliphatic rings. The Morgan fingerprint density at radius 2 is 2.04 bits per heavy atom. The Hall–Kier alpha value is -1.93. The summed E-state index contributed by atoms with van der Waals surface area (Å²) in [5.74, 6) is -1.31. The predicted octanol–water partition coefficient (Wildman–Crippen LogP) is 1.50. The third kappa shape index (κ3) is 4.33. The number of rotatable bonds is 5. The number of sulfonamides is 1. The van der Waals surface area contributed by atoms with Crippen molar-refractivity contribution >= 4 is 21.9 Å². The van der Waals surface area contributed by atoms with Gasteiger partial charge >= 0.3 is 5.97 Å². The zero-order valence-corrected chi connectivity index (χ0v) is 14.4. The van der Waals surface area contributed by atoms with E-state index >= 15 is 0 Å². The van der Waals surface area contributed by atoms with E-state index in [-0.39, 0.29) is 22.9 Å². The summed E-state index contributed by atoms with van der Waals surface area (Å²) in [4.78, 5) is 25.2. The van der Waals surface area contributed by atoms with Crippen LogP contribution in [0, 0.1) is 6.92 Å². The molecule has 7 nitrogen and oxygen atoms in total. The molecule has 0 radical (unpaired) electrons. The first kappa shape index (κ1) is 18.4.